The molecule has 17 heavy (non-hydrogen) atoms. The van der Waals surface area contributed by atoms with Crippen molar-refractivity contribution in [1.82, 2.24) is 0 Å². The van der Waals surface area contributed by atoms with Gasteiger partial charge in [0.15, 0.2) is 0 Å². The molecule has 3 rings (SSSR count). The van der Waals surface area contributed by atoms with E-state index in [1.807, 2.05) is 13.0 Å². The molecule has 0 saturated carbocycles. The van der Waals surface area contributed by atoms with Crippen molar-refractivity contribution in [3.63, 3.8) is 0 Å². The minimum absolute atomic E-state index is 0.389. The molecule has 86 valence electrons. The number of phenolic OH excluding ortho intramolecular Hbond substituents is 1. The first kappa shape index (κ1) is 10.4. The van der Waals surface area contributed by atoms with E-state index in [1.165, 1.54) is 29.5 Å². The highest BCUT2D eigenvalue weighted by atomic mass is 16.3. The van der Waals surface area contributed by atoms with Crippen LogP contribution in [0.15, 0.2) is 42.5 Å². The number of benzene rings is 2. The lowest BCUT2D eigenvalue weighted by molar-refractivity contribution is 0.470. The summed E-state index contributed by atoms with van der Waals surface area (Å²) in [6.07, 6.45) is 2.35. The van der Waals surface area contributed by atoms with E-state index in [2.05, 4.69) is 36.4 Å². The third-order valence-corrected chi connectivity index (χ3v) is 3.76. The van der Waals surface area contributed by atoms with Crippen molar-refractivity contribution < 1.29 is 5.11 Å². The Labute approximate surface area is 102 Å². The van der Waals surface area contributed by atoms with E-state index < -0.39 is 0 Å². The molecular weight excluding hydrogens is 208 g/mol. The van der Waals surface area contributed by atoms with Gasteiger partial charge in [-0.3, -0.25) is 0 Å². The summed E-state index contributed by atoms with van der Waals surface area (Å²) in [5, 5.41) is 9.58. The summed E-state index contributed by atoms with van der Waals surface area (Å²) in [7, 11) is 0. The number of phenols is 1. The van der Waals surface area contributed by atoms with Gasteiger partial charge in [-0.2, -0.15) is 0 Å². The second-order valence-corrected chi connectivity index (χ2v) is 4.84. The van der Waals surface area contributed by atoms with Gasteiger partial charge in [0.25, 0.3) is 0 Å². The zero-order valence-corrected chi connectivity index (χ0v) is 9.98. The summed E-state index contributed by atoms with van der Waals surface area (Å²) in [5.41, 5.74) is 5.22. The standard InChI is InChI=1S/C16H16O/c1-11-10-13(7-9-16(11)17)15-8-6-12-4-2-3-5-14(12)15/h2-5,7,9-10,15,17H,6,8H2,1H3. The Morgan fingerprint density at radius 3 is 2.76 bits per heavy atom. The first-order valence-electron chi connectivity index (χ1n) is 6.13. The summed E-state index contributed by atoms with van der Waals surface area (Å²) in [5.74, 6) is 0.894. The SMILES string of the molecule is Cc1cc(C2CCc3ccccc32)ccc1O. The Morgan fingerprint density at radius 2 is 1.94 bits per heavy atom. The average Bonchev–Trinajstić information content (AvgIpc) is 2.76. The molecule has 0 amide bonds. The lowest BCUT2D eigenvalue weighted by Gasteiger charge is -2.13. The second-order valence-electron chi connectivity index (χ2n) is 4.84. The van der Waals surface area contributed by atoms with Crippen LogP contribution in [0.5, 0.6) is 5.75 Å². The number of rotatable bonds is 1. The Bertz CT molecular complexity index is 557. The maximum atomic E-state index is 9.58. The number of hydrogen-bond donors (Lipinski definition) is 1. The summed E-state index contributed by atoms with van der Waals surface area (Å²) >= 11 is 0. The predicted molar refractivity (Wildman–Crippen MR) is 69.4 cm³/mol. The quantitative estimate of drug-likeness (QED) is 0.781. The van der Waals surface area contributed by atoms with E-state index in [9.17, 15) is 5.11 Å². The van der Waals surface area contributed by atoms with E-state index >= 15 is 0 Å². The molecule has 1 heteroatoms. The maximum Gasteiger partial charge on any atom is 0.118 e. The first-order valence-corrected chi connectivity index (χ1v) is 6.13. The lowest BCUT2D eigenvalue weighted by atomic mass is 9.92. The van der Waals surface area contributed by atoms with Gasteiger partial charge in [-0.25, -0.2) is 0 Å². The number of hydrogen-bond acceptors (Lipinski definition) is 1. The smallest absolute Gasteiger partial charge is 0.118 e. The number of aromatic hydroxyl groups is 1. The van der Waals surface area contributed by atoms with E-state index in [-0.39, 0.29) is 0 Å². The third kappa shape index (κ3) is 1.72. The molecule has 0 radical (unpaired) electrons. The molecular formula is C16H16O. The number of aryl methyl sites for hydroxylation is 2. The highest BCUT2D eigenvalue weighted by Crippen LogP contribution is 2.38. The molecule has 0 aromatic heterocycles. The minimum atomic E-state index is 0.389. The predicted octanol–water partition coefficient (Wildman–Crippen LogP) is 3.78. The topological polar surface area (TPSA) is 20.2 Å². The molecule has 1 aliphatic carbocycles. The Kier molecular flexibility index (Phi) is 2.40. The molecule has 0 aliphatic heterocycles. The van der Waals surface area contributed by atoms with Crippen molar-refractivity contribution in [2.75, 3.05) is 0 Å². The molecule has 1 aliphatic rings. The van der Waals surface area contributed by atoms with Crippen LogP contribution < -0.4 is 0 Å². The molecule has 0 spiro atoms. The van der Waals surface area contributed by atoms with Crippen LogP contribution in [0, 0.1) is 6.92 Å². The fourth-order valence-electron chi connectivity index (χ4n) is 2.80. The lowest BCUT2D eigenvalue weighted by Crippen LogP contribution is -1.96. The number of fused-ring (bicyclic) bond motifs is 1. The summed E-state index contributed by atoms with van der Waals surface area (Å²) < 4.78 is 0. The van der Waals surface area contributed by atoms with Crippen LogP contribution >= 0.6 is 0 Å². The molecule has 1 atom stereocenters. The van der Waals surface area contributed by atoms with Crippen LogP contribution in [-0.4, -0.2) is 5.11 Å². The summed E-state index contributed by atoms with van der Waals surface area (Å²) in [4.78, 5) is 0. The van der Waals surface area contributed by atoms with E-state index in [1.54, 1.807) is 0 Å². The van der Waals surface area contributed by atoms with Crippen LogP contribution in [-0.2, 0) is 6.42 Å². The van der Waals surface area contributed by atoms with Crippen LogP contribution in [0.4, 0.5) is 0 Å². The average molecular weight is 224 g/mol. The first-order chi connectivity index (χ1) is 8.25. The van der Waals surface area contributed by atoms with Crippen molar-refractivity contribution in [3.8, 4) is 5.75 Å². The van der Waals surface area contributed by atoms with Gasteiger partial charge >= 0.3 is 0 Å². The van der Waals surface area contributed by atoms with Crippen molar-refractivity contribution in [1.29, 1.82) is 0 Å². The van der Waals surface area contributed by atoms with Crippen LogP contribution in [0.1, 0.15) is 34.6 Å². The molecule has 0 fully saturated rings. The molecule has 0 saturated heterocycles. The van der Waals surface area contributed by atoms with Crippen LogP contribution in [0.2, 0.25) is 0 Å². The monoisotopic (exact) mass is 224 g/mol. The van der Waals surface area contributed by atoms with Crippen LogP contribution in [0.25, 0.3) is 0 Å². The highest BCUT2D eigenvalue weighted by Gasteiger charge is 2.23. The van der Waals surface area contributed by atoms with Crippen molar-refractivity contribution in [2.24, 2.45) is 0 Å². The molecule has 1 nitrogen and oxygen atoms in total. The van der Waals surface area contributed by atoms with Gasteiger partial charge in [0.2, 0.25) is 0 Å². The fraction of sp³-hybridized carbons (Fsp3) is 0.250. The van der Waals surface area contributed by atoms with Gasteiger partial charge in [0.1, 0.15) is 5.75 Å². The fourth-order valence-corrected chi connectivity index (χ4v) is 2.80. The minimum Gasteiger partial charge on any atom is -0.508 e. The van der Waals surface area contributed by atoms with Gasteiger partial charge in [0, 0.05) is 5.92 Å². The maximum absolute atomic E-state index is 9.58. The van der Waals surface area contributed by atoms with Gasteiger partial charge in [-0.15, -0.1) is 0 Å². The largest absolute Gasteiger partial charge is 0.508 e. The summed E-state index contributed by atoms with van der Waals surface area (Å²) in [6, 6.07) is 14.7. The third-order valence-electron chi connectivity index (χ3n) is 3.76. The molecule has 0 bridgehead atoms. The molecule has 1 unspecified atom stereocenters. The van der Waals surface area contributed by atoms with Crippen molar-refractivity contribution in [2.45, 2.75) is 25.7 Å². The van der Waals surface area contributed by atoms with E-state index in [0.717, 1.165) is 5.56 Å². The van der Waals surface area contributed by atoms with Gasteiger partial charge < -0.3 is 5.11 Å². The summed E-state index contributed by atoms with van der Waals surface area (Å²) in [6.45, 7) is 1.96. The van der Waals surface area contributed by atoms with Gasteiger partial charge in [-0.1, -0.05) is 36.4 Å². The Balaban J connectivity index is 2.04. The highest BCUT2D eigenvalue weighted by molar-refractivity contribution is 5.45. The van der Waals surface area contributed by atoms with E-state index in [0.29, 0.717) is 11.7 Å². The van der Waals surface area contributed by atoms with Gasteiger partial charge in [0.05, 0.1) is 0 Å². The van der Waals surface area contributed by atoms with Crippen molar-refractivity contribution >= 4 is 0 Å². The zero-order valence-electron chi connectivity index (χ0n) is 9.98. The molecule has 0 heterocycles. The normalized spacial score (nSPS) is 18.1. The Hall–Kier alpha value is -1.76. The molecule has 2 aromatic rings. The van der Waals surface area contributed by atoms with Crippen molar-refractivity contribution in [3.05, 3.63) is 64.7 Å². The second kappa shape index (κ2) is 3.92. The molecule has 2 aromatic carbocycles. The Morgan fingerprint density at radius 1 is 1.12 bits per heavy atom. The van der Waals surface area contributed by atoms with E-state index in [4.69, 9.17) is 0 Å². The molecule has 1 N–H and O–H groups in total. The van der Waals surface area contributed by atoms with Gasteiger partial charge in [-0.05, 0) is 48.1 Å². The zero-order chi connectivity index (χ0) is 11.8. The van der Waals surface area contributed by atoms with Crippen LogP contribution in [0.3, 0.4) is 0 Å².